The largest absolute Gasteiger partial charge is 0.489 e. The zero-order chi connectivity index (χ0) is 18.5. The van der Waals surface area contributed by atoms with Crippen LogP contribution in [0.25, 0.3) is 11.1 Å². The van der Waals surface area contributed by atoms with Gasteiger partial charge in [0.1, 0.15) is 12.4 Å². The highest BCUT2D eigenvalue weighted by Gasteiger charge is 2.14. The molecule has 1 saturated heterocycles. The van der Waals surface area contributed by atoms with E-state index in [1.165, 1.54) is 22.4 Å². The maximum Gasteiger partial charge on any atom is 0.120 e. The third-order valence-corrected chi connectivity index (χ3v) is 5.05. The third-order valence-electron chi connectivity index (χ3n) is 5.05. The number of piperazine rings is 1. The molecule has 0 N–H and O–H groups in total. The van der Waals surface area contributed by atoms with E-state index in [-0.39, 0.29) is 0 Å². The van der Waals surface area contributed by atoms with Gasteiger partial charge in [-0.05, 0) is 41.9 Å². The minimum Gasteiger partial charge on any atom is -0.489 e. The Bertz CT molecular complexity index is 870. The van der Waals surface area contributed by atoms with Crippen LogP contribution in [0, 0.1) is 6.07 Å². The molecule has 1 aliphatic heterocycles. The lowest BCUT2D eigenvalue weighted by molar-refractivity contribution is 0.306. The predicted octanol–water partition coefficient (Wildman–Crippen LogP) is 4.48. The Morgan fingerprint density at radius 2 is 1.63 bits per heavy atom. The Kier molecular flexibility index (Phi) is 5.40. The van der Waals surface area contributed by atoms with E-state index in [2.05, 4.69) is 65.4 Å². The standard InChI is InChI=1S/C24H25N2O/c1-25-13-15-26(16-14-25)23-11-5-9-21(17-23)22-10-6-12-24(18-22)27-19-20-7-3-2-4-8-20/h2-10,12,17-18H,13-16,19H2,1H3. The molecule has 1 fully saturated rings. The molecule has 4 rings (SSSR count). The fraction of sp³-hybridized carbons (Fsp3) is 0.250. The SMILES string of the molecule is CN1CCN(c2[c]ccc(-c3cccc(OCc4ccccc4)c3)c2)CC1. The quantitative estimate of drug-likeness (QED) is 0.669. The maximum absolute atomic E-state index is 5.99. The summed E-state index contributed by atoms with van der Waals surface area (Å²) in [6.07, 6.45) is 0. The maximum atomic E-state index is 5.99. The molecule has 137 valence electrons. The van der Waals surface area contributed by atoms with Crippen LogP contribution in [0.1, 0.15) is 5.56 Å². The van der Waals surface area contributed by atoms with Crippen molar-refractivity contribution in [2.24, 2.45) is 0 Å². The Morgan fingerprint density at radius 3 is 2.44 bits per heavy atom. The van der Waals surface area contributed by atoms with E-state index < -0.39 is 0 Å². The average Bonchev–Trinajstić information content (AvgIpc) is 2.74. The van der Waals surface area contributed by atoms with Gasteiger partial charge in [-0.25, -0.2) is 0 Å². The highest BCUT2D eigenvalue weighted by Crippen LogP contribution is 2.28. The molecule has 0 saturated carbocycles. The lowest BCUT2D eigenvalue weighted by Crippen LogP contribution is -2.44. The van der Waals surface area contributed by atoms with Crippen LogP contribution in [-0.2, 0) is 6.61 Å². The van der Waals surface area contributed by atoms with Crippen molar-refractivity contribution in [2.45, 2.75) is 6.61 Å². The molecule has 1 radical (unpaired) electrons. The van der Waals surface area contributed by atoms with Crippen LogP contribution < -0.4 is 9.64 Å². The van der Waals surface area contributed by atoms with Gasteiger partial charge in [-0.2, -0.15) is 0 Å². The third kappa shape index (κ3) is 4.50. The Balaban J connectivity index is 1.49. The summed E-state index contributed by atoms with van der Waals surface area (Å²) in [4.78, 5) is 4.78. The molecular formula is C24H25N2O. The summed E-state index contributed by atoms with van der Waals surface area (Å²) >= 11 is 0. The molecule has 0 atom stereocenters. The van der Waals surface area contributed by atoms with Gasteiger partial charge in [0.25, 0.3) is 0 Å². The highest BCUT2D eigenvalue weighted by atomic mass is 16.5. The molecule has 3 aromatic carbocycles. The number of benzene rings is 3. The summed E-state index contributed by atoms with van der Waals surface area (Å²) in [5.41, 5.74) is 4.73. The molecule has 1 aliphatic rings. The molecule has 3 heteroatoms. The lowest BCUT2D eigenvalue weighted by atomic mass is 10.0. The van der Waals surface area contributed by atoms with Crippen LogP contribution in [0.3, 0.4) is 0 Å². The summed E-state index contributed by atoms with van der Waals surface area (Å²) in [7, 11) is 2.18. The molecule has 0 spiro atoms. The monoisotopic (exact) mass is 357 g/mol. The van der Waals surface area contributed by atoms with Gasteiger partial charge in [0, 0.05) is 37.9 Å². The van der Waals surface area contributed by atoms with Gasteiger partial charge in [0.05, 0.1) is 0 Å². The minimum atomic E-state index is 0.583. The molecule has 0 bridgehead atoms. The number of hydrogen-bond donors (Lipinski definition) is 0. The fourth-order valence-corrected chi connectivity index (χ4v) is 3.37. The second-order valence-electron chi connectivity index (χ2n) is 7.06. The minimum absolute atomic E-state index is 0.583. The van der Waals surface area contributed by atoms with Crippen LogP contribution in [0.4, 0.5) is 5.69 Å². The van der Waals surface area contributed by atoms with E-state index in [1.54, 1.807) is 0 Å². The van der Waals surface area contributed by atoms with Gasteiger partial charge in [-0.1, -0.05) is 54.6 Å². The zero-order valence-electron chi connectivity index (χ0n) is 15.8. The van der Waals surface area contributed by atoms with Crippen LogP contribution in [0.15, 0.2) is 72.8 Å². The van der Waals surface area contributed by atoms with E-state index in [9.17, 15) is 0 Å². The van der Waals surface area contributed by atoms with Gasteiger partial charge < -0.3 is 14.5 Å². The fourth-order valence-electron chi connectivity index (χ4n) is 3.37. The molecule has 27 heavy (non-hydrogen) atoms. The Morgan fingerprint density at radius 1 is 0.852 bits per heavy atom. The van der Waals surface area contributed by atoms with E-state index in [0.717, 1.165) is 31.9 Å². The molecule has 3 aromatic rings. The van der Waals surface area contributed by atoms with E-state index in [4.69, 9.17) is 4.74 Å². The number of hydrogen-bond acceptors (Lipinski definition) is 3. The summed E-state index contributed by atoms with van der Waals surface area (Å²) in [5, 5.41) is 0. The van der Waals surface area contributed by atoms with E-state index in [0.29, 0.717) is 6.61 Å². The van der Waals surface area contributed by atoms with Crippen LogP contribution in [-0.4, -0.2) is 38.1 Å². The predicted molar refractivity (Wildman–Crippen MR) is 111 cm³/mol. The molecule has 0 amide bonds. The first-order chi connectivity index (χ1) is 13.3. The number of ether oxygens (including phenoxy) is 1. The van der Waals surface area contributed by atoms with E-state index >= 15 is 0 Å². The van der Waals surface area contributed by atoms with Crippen LogP contribution in [0.5, 0.6) is 5.75 Å². The van der Waals surface area contributed by atoms with Gasteiger partial charge >= 0.3 is 0 Å². The summed E-state index contributed by atoms with van der Waals surface area (Å²) < 4.78 is 5.99. The molecule has 1 heterocycles. The summed E-state index contributed by atoms with van der Waals surface area (Å²) in [6.45, 7) is 4.88. The van der Waals surface area contributed by atoms with Crippen molar-refractivity contribution in [1.29, 1.82) is 0 Å². The first-order valence-corrected chi connectivity index (χ1v) is 9.50. The number of rotatable bonds is 5. The number of nitrogens with zero attached hydrogens (tertiary/aromatic N) is 2. The first-order valence-electron chi connectivity index (χ1n) is 9.50. The van der Waals surface area contributed by atoms with Crippen molar-refractivity contribution in [3.63, 3.8) is 0 Å². The molecule has 3 nitrogen and oxygen atoms in total. The number of anilines is 1. The molecule has 0 aromatic heterocycles. The van der Waals surface area contributed by atoms with Crippen molar-refractivity contribution in [1.82, 2.24) is 4.90 Å². The van der Waals surface area contributed by atoms with Crippen molar-refractivity contribution >= 4 is 5.69 Å². The van der Waals surface area contributed by atoms with E-state index in [1.807, 2.05) is 30.3 Å². The topological polar surface area (TPSA) is 15.7 Å². The Hall–Kier alpha value is -2.78. The normalized spacial score (nSPS) is 14.9. The van der Waals surface area contributed by atoms with Crippen LogP contribution in [0.2, 0.25) is 0 Å². The van der Waals surface area contributed by atoms with Gasteiger partial charge in [-0.15, -0.1) is 0 Å². The molecular weight excluding hydrogens is 332 g/mol. The van der Waals surface area contributed by atoms with Crippen molar-refractivity contribution in [2.75, 3.05) is 38.1 Å². The first kappa shape index (κ1) is 17.6. The van der Waals surface area contributed by atoms with Gasteiger partial charge in [0.15, 0.2) is 0 Å². The van der Waals surface area contributed by atoms with Gasteiger partial charge in [0.2, 0.25) is 0 Å². The Labute approximate surface area is 161 Å². The van der Waals surface area contributed by atoms with Crippen molar-refractivity contribution in [3.05, 3.63) is 84.4 Å². The second kappa shape index (κ2) is 8.28. The summed E-state index contributed by atoms with van der Waals surface area (Å²) in [6, 6.07) is 28.4. The average molecular weight is 357 g/mol. The molecule has 0 aliphatic carbocycles. The van der Waals surface area contributed by atoms with Crippen molar-refractivity contribution in [3.8, 4) is 16.9 Å². The highest BCUT2D eigenvalue weighted by molar-refractivity contribution is 5.69. The van der Waals surface area contributed by atoms with Gasteiger partial charge in [-0.3, -0.25) is 0 Å². The second-order valence-corrected chi connectivity index (χ2v) is 7.06. The van der Waals surface area contributed by atoms with Crippen LogP contribution >= 0.6 is 0 Å². The smallest absolute Gasteiger partial charge is 0.120 e. The van der Waals surface area contributed by atoms with Crippen molar-refractivity contribution < 1.29 is 4.74 Å². The summed E-state index contributed by atoms with van der Waals surface area (Å²) in [5.74, 6) is 0.894. The zero-order valence-corrected chi connectivity index (χ0v) is 15.8. The number of likely N-dealkylation sites (N-methyl/N-ethyl adjacent to an activating group) is 1. The molecule has 0 unspecified atom stereocenters. The lowest BCUT2D eigenvalue weighted by Gasteiger charge is -2.34.